The van der Waals surface area contributed by atoms with Crippen LogP contribution in [0.25, 0.3) is 0 Å². The summed E-state index contributed by atoms with van der Waals surface area (Å²) in [6.45, 7) is 17.3. The number of hydrogen-bond acceptors (Lipinski definition) is 7. The van der Waals surface area contributed by atoms with Crippen molar-refractivity contribution in [1.29, 1.82) is 0 Å². The molecule has 9 heteroatoms. The number of aliphatic hydroxyl groups is 1. The molecule has 3 unspecified atom stereocenters. The van der Waals surface area contributed by atoms with Crippen LogP contribution >= 0.6 is 0 Å². The van der Waals surface area contributed by atoms with Crippen molar-refractivity contribution in [2.45, 2.75) is 63.8 Å². The zero-order chi connectivity index (χ0) is 33.2. The van der Waals surface area contributed by atoms with Gasteiger partial charge in [0.2, 0.25) is 5.91 Å². The van der Waals surface area contributed by atoms with Gasteiger partial charge in [-0.05, 0) is 69.4 Å². The predicted octanol–water partition coefficient (Wildman–Crippen LogP) is 4.92. The van der Waals surface area contributed by atoms with Gasteiger partial charge in [0.25, 0.3) is 5.91 Å². The number of anilines is 2. The van der Waals surface area contributed by atoms with Gasteiger partial charge in [0.1, 0.15) is 17.6 Å². The first kappa shape index (κ1) is 33.4. The molecule has 3 heterocycles. The highest BCUT2D eigenvalue weighted by molar-refractivity contribution is 6.05. The number of ether oxygens (including phenoxy) is 2. The van der Waals surface area contributed by atoms with Crippen molar-refractivity contribution >= 4 is 29.2 Å². The fourth-order valence-electron chi connectivity index (χ4n) is 8.04. The molecule has 1 N–H and O–H groups in total. The third-order valence-corrected chi connectivity index (χ3v) is 10.4. The number of likely N-dealkylation sites (tertiary alicyclic amines) is 1. The SMILES string of the molecule is C=CCCOC(=O)[C@@H]1[C@H]2C(=O)N([C@H](CO)c3ccccc3)C(C(=O)N(CC=C)c3ccc(N(CC)CC)cc3)C23CC(C)[C@@]1(C)O3. The fraction of sp³-hybridized carbons (Fsp3) is 0.486. The third-order valence-electron chi connectivity index (χ3n) is 10.4. The molecule has 1 spiro atoms. The molecule has 0 saturated carbocycles. The first-order valence-electron chi connectivity index (χ1n) is 16.4. The van der Waals surface area contributed by atoms with E-state index in [4.69, 9.17) is 9.47 Å². The number of fused-ring (bicyclic) bond motifs is 1. The fourth-order valence-corrected chi connectivity index (χ4v) is 8.04. The molecule has 2 aromatic carbocycles. The number of hydrogen-bond donors (Lipinski definition) is 1. The molecule has 7 atom stereocenters. The van der Waals surface area contributed by atoms with Gasteiger partial charge in [-0.15, -0.1) is 13.2 Å². The van der Waals surface area contributed by atoms with Crippen molar-refractivity contribution < 1.29 is 29.0 Å². The van der Waals surface area contributed by atoms with Crippen LogP contribution in [0.1, 0.15) is 52.1 Å². The minimum absolute atomic E-state index is 0.142. The Kier molecular flexibility index (Phi) is 9.75. The average molecular weight is 630 g/mol. The molecule has 3 fully saturated rings. The van der Waals surface area contributed by atoms with E-state index in [1.807, 2.05) is 68.4 Å². The van der Waals surface area contributed by atoms with E-state index < -0.39 is 53.6 Å². The molecule has 0 radical (unpaired) electrons. The quantitative estimate of drug-likeness (QED) is 0.180. The zero-order valence-corrected chi connectivity index (χ0v) is 27.4. The van der Waals surface area contributed by atoms with Crippen LogP contribution < -0.4 is 9.80 Å². The van der Waals surface area contributed by atoms with Gasteiger partial charge in [-0.2, -0.15) is 0 Å². The number of carbonyl (C=O) groups is 3. The van der Waals surface area contributed by atoms with Crippen molar-refractivity contribution in [3.05, 3.63) is 85.5 Å². The number of rotatable bonds is 14. The number of benzene rings is 2. The van der Waals surface area contributed by atoms with E-state index in [1.54, 1.807) is 17.1 Å². The molecule has 3 saturated heterocycles. The van der Waals surface area contributed by atoms with Crippen LogP contribution in [0.2, 0.25) is 0 Å². The second-order valence-electron chi connectivity index (χ2n) is 12.7. The van der Waals surface area contributed by atoms with Gasteiger partial charge in [0.15, 0.2) is 0 Å². The number of nitrogens with zero attached hydrogens (tertiary/aromatic N) is 3. The number of esters is 1. The minimum Gasteiger partial charge on any atom is -0.465 e. The molecule has 3 aliphatic rings. The topological polar surface area (TPSA) is 99.6 Å². The normalized spacial score (nSPS) is 28.5. The van der Waals surface area contributed by atoms with E-state index in [0.717, 1.165) is 18.8 Å². The summed E-state index contributed by atoms with van der Waals surface area (Å²) in [6, 6.07) is 15.0. The molecule has 2 bridgehead atoms. The van der Waals surface area contributed by atoms with Gasteiger partial charge in [-0.25, -0.2) is 0 Å². The molecular weight excluding hydrogens is 582 g/mol. The second-order valence-corrected chi connectivity index (χ2v) is 12.7. The molecule has 5 rings (SSSR count). The Morgan fingerprint density at radius 3 is 2.33 bits per heavy atom. The molecule has 2 aromatic rings. The molecule has 46 heavy (non-hydrogen) atoms. The average Bonchev–Trinajstić information content (AvgIpc) is 3.58. The van der Waals surface area contributed by atoms with Crippen LogP contribution in [0.15, 0.2) is 79.9 Å². The Morgan fingerprint density at radius 1 is 1.09 bits per heavy atom. The summed E-state index contributed by atoms with van der Waals surface area (Å²) < 4.78 is 12.6. The maximum absolute atomic E-state index is 15.1. The molecule has 246 valence electrons. The monoisotopic (exact) mass is 629 g/mol. The summed E-state index contributed by atoms with van der Waals surface area (Å²) in [6.07, 6.45) is 4.21. The van der Waals surface area contributed by atoms with Crippen LogP contribution in [-0.2, 0) is 23.9 Å². The maximum atomic E-state index is 15.1. The Labute approximate surface area is 272 Å². The Hall–Kier alpha value is -3.95. The molecule has 0 aromatic heterocycles. The summed E-state index contributed by atoms with van der Waals surface area (Å²) in [5.41, 5.74) is 0.0724. The summed E-state index contributed by atoms with van der Waals surface area (Å²) in [5, 5.41) is 10.8. The second kappa shape index (κ2) is 13.4. The van der Waals surface area contributed by atoms with Crippen LogP contribution in [0.3, 0.4) is 0 Å². The van der Waals surface area contributed by atoms with E-state index in [1.165, 1.54) is 4.90 Å². The molecule has 3 aliphatic heterocycles. The Balaban J connectivity index is 1.63. The van der Waals surface area contributed by atoms with Gasteiger partial charge in [0.05, 0.1) is 30.8 Å². The van der Waals surface area contributed by atoms with Crippen LogP contribution in [0.4, 0.5) is 11.4 Å². The first-order chi connectivity index (χ1) is 22.1. The van der Waals surface area contributed by atoms with E-state index in [2.05, 4.69) is 31.9 Å². The van der Waals surface area contributed by atoms with E-state index in [-0.39, 0.29) is 25.0 Å². The van der Waals surface area contributed by atoms with Gasteiger partial charge in [0, 0.05) is 31.0 Å². The standard InChI is InChI=1S/C37H47N3O6/c1-7-11-22-45-35(44)31-30-33(42)40(29(24-41)26-15-13-12-14-16-26)32(37(30)23-25(5)36(31,6)46-37)34(43)39(21-8-2)28-19-17-27(18-20-28)38(9-3)10-4/h7-8,12-20,25,29-32,41H,1-2,9-11,21-24H2,3-6H3/t25?,29-,30+,31+,32?,36-,37?/m1/s1. The lowest BCUT2D eigenvalue weighted by Gasteiger charge is -2.39. The highest BCUT2D eigenvalue weighted by Crippen LogP contribution is 2.66. The molecule has 2 amide bonds. The van der Waals surface area contributed by atoms with E-state index >= 15 is 4.79 Å². The summed E-state index contributed by atoms with van der Waals surface area (Å²) in [5.74, 6) is -3.26. The zero-order valence-electron chi connectivity index (χ0n) is 27.4. The van der Waals surface area contributed by atoms with E-state index in [9.17, 15) is 14.7 Å². The van der Waals surface area contributed by atoms with Crippen molar-refractivity contribution in [2.75, 3.05) is 42.6 Å². The first-order valence-corrected chi connectivity index (χ1v) is 16.4. The lowest BCUT2D eigenvalue weighted by atomic mass is 9.62. The summed E-state index contributed by atoms with van der Waals surface area (Å²) in [7, 11) is 0. The summed E-state index contributed by atoms with van der Waals surface area (Å²) in [4.78, 5) is 49.0. The number of amides is 2. The van der Waals surface area contributed by atoms with Gasteiger partial charge >= 0.3 is 5.97 Å². The maximum Gasteiger partial charge on any atom is 0.312 e. The van der Waals surface area contributed by atoms with Crippen LogP contribution in [0, 0.1) is 17.8 Å². The largest absolute Gasteiger partial charge is 0.465 e. The predicted molar refractivity (Wildman–Crippen MR) is 178 cm³/mol. The van der Waals surface area contributed by atoms with Crippen molar-refractivity contribution in [2.24, 2.45) is 17.8 Å². The Morgan fingerprint density at radius 2 is 1.74 bits per heavy atom. The highest BCUT2D eigenvalue weighted by Gasteiger charge is 2.81. The third kappa shape index (κ3) is 5.33. The summed E-state index contributed by atoms with van der Waals surface area (Å²) >= 11 is 0. The van der Waals surface area contributed by atoms with Crippen LogP contribution in [0.5, 0.6) is 0 Å². The molecule has 0 aliphatic carbocycles. The van der Waals surface area contributed by atoms with E-state index in [0.29, 0.717) is 24.1 Å². The lowest BCUT2D eigenvalue weighted by molar-refractivity contribution is -0.162. The minimum atomic E-state index is -1.30. The van der Waals surface area contributed by atoms with Gasteiger partial charge in [-0.1, -0.05) is 49.4 Å². The smallest absolute Gasteiger partial charge is 0.312 e. The highest BCUT2D eigenvalue weighted by atomic mass is 16.6. The van der Waals surface area contributed by atoms with Crippen molar-refractivity contribution in [3.8, 4) is 0 Å². The lowest BCUT2D eigenvalue weighted by Crippen LogP contribution is -2.57. The molecule has 9 nitrogen and oxygen atoms in total. The van der Waals surface area contributed by atoms with Gasteiger partial charge < -0.3 is 29.3 Å². The van der Waals surface area contributed by atoms with Crippen molar-refractivity contribution in [3.63, 3.8) is 0 Å². The number of carbonyl (C=O) groups excluding carboxylic acids is 3. The van der Waals surface area contributed by atoms with Crippen molar-refractivity contribution in [1.82, 2.24) is 4.90 Å². The van der Waals surface area contributed by atoms with Crippen LogP contribution in [-0.4, -0.2) is 77.9 Å². The Bertz CT molecular complexity index is 1440. The number of aliphatic hydroxyl groups excluding tert-OH is 1. The van der Waals surface area contributed by atoms with Gasteiger partial charge in [-0.3, -0.25) is 14.4 Å². The molecular formula is C37H47N3O6.